The van der Waals surface area contributed by atoms with Gasteiger partial charge in [-0.25, -0.2) is 4.79 Å². The Morgan fingerprint density at radius 1 is 1.29 bits per heavy atom. The highest BCUT2D eigenvalue weighted by Gasteiger charge is 2.27. The first-order chi connectivity index (χ1) is 13.2. The summed E-state index contributed by atoms with van der Waals surface area (Å²) in [7, 11) is 1.83. The van der Waals surface area contributed by atoms with Crippen LogP contribution in [0.2, 0.25) is 0 Å². The number of nitrogens with one attached hydrogen (secondary N) is 1. The number of piperidine rings is 1. The van der Waals surface area contributed by atoms with Gasteiger partial charge >= 0.3 is 6.09 Å². The molecule has 0 aliphatic carbocycles. The van der Waals surface area contributed by atoms with Crippen LogP contribution >= 0.6 is 0 Å². The standard InChI is InChI=1S/C21H42N4O3/c1-8-24(20(26)28-21(4,5)6)16-18-10-13-25(14-11-18)19(22-7)23-12-9-15-27-17(2)3/h17-18H,8-16H2,1-7H3,(H,22,23). The van der Waals surface area contributed by atoms with Crippen molar-refractivity contribution in [1.29, 1.82) is 0 Å². The lowest BCUT2D eigenvalue weighted by atomic mass is 9.96. The molecule has 1 rings (SSSR count). The first kappa shape index (κ1) is 24.5. The number of likely N-dealkylation sites (tertiary alicyclic amines) is 1. The van der Waals surface area contributed by atoms with Crippen LogP contribution in [0.25, 0.3) is 0 Å². The second-order valence-corrected chi connectivity index (χ2v) is 8.70. The third-order valence-electron chi connectivity index (χ3n) is 4.69. The lowest BCUT2D eigenvalue weighted by molar-refractivity contribution is 0.0214. The highest BCUT2D eigenvalue weighted by molar-refractivity contribution is 5.79. The molecule has 164 valence electrons. The topological polar surface area (TPSA) is 66.4 Å². The predicted molar refractivity (Wildman–Crippen MR) is 115 cm³/mol. The smallest absolute Gasteiger partial charge is 0.410 e. The first-order valence-corrected chi connectivity index (χ1v) is 10.7. The van der Waals surface area contributed by atoms with Crippen molar-refractivity contribution >= 4 is 12.1 Å². The third kappa shape index (κ3) is 9.62. The van der Waals surface area contributed by atoms with Crippen LogP contribution in [0.1, 0.15) is 60.8 Å². The zero-order valence-corrected chi connectivity index (χ0v) is 19.1. The SMILES string of the molecule is CCN(CC1CCN(C(=NC)NCCCOC(C)C)CC1)C(=O)OC(C)(C)C. The highest BCUT2D eigenvalue weighted by atomic mass is 16.6. The second kappa shape index (κ2) is 12.1. The number of hydrogen-bond acceptors (Lipinski definition) is 4. The molecule has 0 aromatic carbocycles. The zero-order chi connectivity index (χ0) is 21.2. The molecule has 0 aromatic rings. The Labute approximate surface area is 171 Å². The lowest BCUT2D eigenvalue weighted by Gasteiger charge is -2.36. The summed E-state index contributed by atoms with van der Waals surface area (Å²) < 4.78 is 11.1. The molecular formula is C21H42N4O3. The predicted octanol–water partition coefficient (Wildman–Crippen LogP) is 3.35. The summed E-state index contributed by atoms with van der Waals surface area (Å²) in [6.07, 6.45) is 3.14. The van der Waals surface area contributed by atoms with E-state index in [4.69, 9.17) is 9.47 Å². The Balaban J connectivity index is 2.38. The van der Waals surface area contributed by atoms with Crippen LogP contribution < -0.4 is 5.32 Å². The summed E-state index contributed by atoms with van der Waals surface area (Å²) in [5, 5.41) is 3.44. The fourth-order valence-corrected chi connectivity index (χ4v) is 3.22. The monoisotopic (exact) mass is 398 g/mol. The number of hydrogen-bond donors (Lipinski definition) is 1. The Morgan fingerprint density at radius 3 is 2.43 bits per heavy atom. The maximum Gasteiger partial charge on any atom is 0.410 e. The molecule has 1 saturated heterocycles. The van der Waals surface area contributed by atoms with Gasteiger partial charge in [-0.3, -0.25) is 4.99 Å². The summed E-state index contributed by atoms with van der Waals surface area (Å²) in [5.74, 6) is 1.46. The molecule has 1 fully saturated rings. The van der Waals surface area contributed by atoms with Gasteiger partial charge in [0.05, 0.1) is 6.10 Å². The molecular weight excluding hydrogens is 356 g/mol. The Morgan fingerprint density at radius 2 is 1.93 bits per heavy atom. The molecule has 1 aliphatic rings. The summed E-state index contributed by atoms with van der Waals surface area (Å²) in [4.78, 5) is 20.9. The van der Waals surface area contributed by atoms with E-state index in [0.717, 1.165) is 58.0 Å². The Kier molecular flexibility index (Phi) is 10.6. The number of ether oxygens (including phenoxy) is 2. The van der Waals surface area contributed by atoms with Gasteiger partial charge in [0.15, 0.2) is 5.96 Å². The van der Waals surface area contributed by atoms with Gasteiger partial charge in [0, 0.05) is 46.4 Å². The quantitative estimate of drug-likeness (QED) is 0.386. The van der Waals surface area contributed by atoms with Gasteiger partial charge in [0.1, 0.15) is 5.60 Å². The second-order valence-electron chi connectivity index (χ2n) is 8.70. The van der Waals surface area contributed by atoms with Crippen LogP contribution in [0.5, 0.6) is 0 Å². The van der Waals surface area contributed by atoms with E-state index < -0.39 is 5.60 Å². The summed E-state index contributed by atoms with van der Waals surface area (Å²) >= 11 is 0. The molecule has 0 radical (unpaired) electrons. The number of rotatable bonds is 8. The van der Waals surface area contributed by atoms with Crippen molar-refractivity contribution in [3.05, 3.63) is 0 Å². The van der Waals surface area contributed by atoms with Gasteiger partial charge in [-0.15, -0.1) is 0 Å². The van der Waals surface area contributed by atoms with Crippen molar-refractivity contribution < 1.29 is 14.3 Å². The number of nitrogens with zero attached hydrogens (tertiary/aromatic N) is 3. The molecule has 1 amide bonds. The zero-order valence-electron chi connectivity index (χ0n) is 19.1. The van der Waals surface area contributed by atoms with Gasteiger partial charge < -0.3 is 24.6 Å². The van der Waals surface area contributed by atoms with E-state index in [1.54, 1.807) is 0 Å². The number of aliphatic imine (C=N–C) groups is 1. The van der Waals surface area contributed by atoms with Crippen LogP contribution in [0.3, 0.4) is 0 Å². The molecule has 0 spiro atoms. The summed E-state index contributed by atoms with van der Waals surface area (Å²) in [6, 6.07) is 0. The van der Waals surface area contributed by atoms with Crippen molar-refractivity contribution in [2.45, 2.75) is 72.5 Å². The minimum atomic E-state index is -0.452. The molecule has 28 heavy (non-hydrogen) atoms. The van der Waals surface area contributed by atoms with Gasteiger partial charge in [0.2, 0.25) is 0 Å². The summed E-state index contributed by atoms with van der Waals surface area (Å²) in [6.45, 7) is 16.8. The molecule has 7 nitrogen and oxygen atoms in total. The Bertz CT molecular complexity index is 481. The fourth-order valence-electron chi connectivity index (χ4n) is 3.22. The van der Waals surface area contributed by atoms with Gasteiger partial charge in [0.25, 0.3) is 0 Å². The average molecular weight is 399 g/mol. The first-order valence-electron chi connectivity index (χ1n) is 10.7. The molecule has 0 saturated carbocycles. The largest absolute Gasteiger partial charge is 0.444 e. The van der Waals surface area contributed by atoms with E-state index in [1.807, 2.05) is 39.6 Å². The minimum Gasteiger partial charge on any atom is -0.444 e. The molecule has 1 heterocycles. The fraction of sp³-hybridized carbons (Fsp3) is 0.905. The van der Waals surface area contributed by atoms with Gasteiger partial charge in [-0.05, 0) is 66.7 Å². The van der Waals surface area contributed by atoms with Gasteiger partial charge in [-0.2, -0.15) is 0 Å². The average Bonchev–Trinajstić information content (AvgIpc) is 2.61. The van der Waals surface area contributed by atoms with Crippen molar-refractivity contribution in [1.82, 2.24) is 15.1 Å². The molecule has 1 aliphatic heterocycles. The van der Waals surface area contributed by atoms with Crippen molar-refractivity contribution in [2.24, 2.45) is 10.9 Å². The molecule has 1 N–H and O–H groups in total. The maximum absolute atomic E-state index is 12.3. The van der Waals surface area contributed by atoms with Crippen molar-refractivity contribution in [2.75, 3.05) is 46.4 Å². The van der Waals surface area contributed by atoms with Crippen molar-refractivity contribution in [3.63, 3.8) is 0 Å². The van der Waals surface area contributed by atoms with E-state index >= 15 is 0 Å². The van der Waals surface area contributed by atoms with Crippen LogP contribution in [0.15, 0.2) is 4.99 Å². The highest BCUT2D eigenvalue weighted by Crippen LogP contribution is 2.20. The third-order valence-corrected chi connectivity index (χ3v) is 4.69. The Hall–Kier alpha value is -1.50. The van der Waals surface area contributed by atoms with Crippen LogP contribution in [0, 0.1) is 5.92 Å². The molecule has 0 atom stereocenters. The number of amides is 1. The number of carbonyl (C=O) groups excluding carboxylic acids is 1. The van der Waals surface area contributed by atoms with E-state index in [9.17, 15) is 4.79 Å². The molecule has 0 aromatic heterocycles. The molecule has 7 heteroatoms. The minimum absolute atomic E-state index is 0.210. The van der Waals surface area contributed by atoms with Crippen LogP contribution in [0.4, 0.5) is 4.79 Å². The van der Waals surface area contributed by atoms with E-state index in [0.29, 0.717) is 12.5 Å². The van der Waals surface area contributed by atoms with Gasteiger partial charge in [-0.1, -0.05) is 0 Å². The van der Waals surface area contributed by atoms with Crippen LogP contribution in [-0.4, -0.2) is 79.9 Å². The van der Waals surface area contributed by atoms with Crippen LogP contribution in [-0.2, 0) is 9.47 Å². The maximum atomic E-state index is 12.3. The number of guanidine groups is 1. The van der Waals surface area contributed by atoms with E-state index in [1.165, 1.54) is 0 Å². The normalized spacial score (nSPS) is 16.4. The lowest BCUT2D eigenvalue weighted by Crippen LogP contribution is -2.48. The van der Waals surface area contributed by atoms with Crippen molar-refractivity contribution in [3.8, 4) is 0 Å². The van der Waals surface area contributed by atoms with E-state index in [2.05, 4.69) is 29.1 Å². The van der Waals surface area contributed by atoms with E-state index in [-0.39, 0.29) is 12.2 Å². The summed E-state index contributed by atoms with van der Waals surface area (Å²) in [5.41, 5.74) is -0.452. The number of carbonyl (C=O) groups is 1. The molecule has 0 unspecified atom stereocenters. The molecule has 0 bridgehead atoms.